The van der Waals surface area contributed by atoms with Gasteiger partial charge in [0.05, 0.1) is 11.6 Å². The van der Waals surface area contributed by atoms with Gasteiger partial charge in [-0.1, -0.05) is 66.6 Å². The highest BCUT2D eigenvalue weighted by Gasteiger charge is 2.59. The number of hydrogen-bond donors (Lipinski definition) is 0. The van der Waals surface area contributed by atoms with Crippen molar-refractivity contribution in [2.75, 3.05) is 7.11 Å². The first-order valence-electron chi connectivity index (χ1n) is 8.40. The molecule has 140 valence electrons. The van der Waals surface area contributed by atoms with Crippen LogP contribution in [0.25, 0.3) is 11.0 Å². The summed E-state index contributed by atoms with van der Waals surface area (Å²) in [6.45, 7) is 4.23. The lowest BCUT2D eigenvalue weighted by molar-refractivity contribution is 0.414. The Kier molecular flexibility index (Phi) is 4.53. The van der Waals surface area contributed by atoms with Gasteiger partial charge < -0.3 is 4.74 Å². The maximum absolute atomic E-state index is 12.8. The molecule has 5 nitrogen and oxygen atoms in total. The molecule has 1 aromatic carbocycles. The van der Waals surface area contributed by atoms with E-state index in [0.29, 0.717) is 21.1 Å². The number of ether oxygens (including phenoxy) is 1. The highest BCUT2D eigenvalue weighted by molar-refractivity contribution is 7.15. The number of halogens is 2. The summed E-state index contributed by atoms with van der Waals surface area (Å²) in [6, 6.07) is 7.55. The van der Waals surface area contributed by atoms with Crippen LogP contribution in [0.5, 0.6) is 5.75 Å². The maximum Gasteiger partial charge on any atom is 0.291 e. The lowest BCUT2D eigenvalue weighted by atomic mass is 10.1. The van der Waals surface area contributed by atoms with Crippen molar-refractivity contribution in [1.82, 2.24) is 14.6 Å². The van der Waals surface area contributed by atoms with Crippen molar-refractivity contribution in [3.8, 4) is 5.75 Å². The average Bonchev–Trinajstić information content (AvgIpc) is 2.90. The van der Waals surface area contributed by atoms with Gasteiger partial charge in [-0.3, -0.25) is 4.79 Å². The number of para-hydroxylation sites is 1. The average molecular weight is 422 g/mol. The Morgan fingerprint density at radius 3 is 2.74 bits per heavy atom. The molecule has 0 aliphatic heterocycles. The zero-order valence-electron chi connectivity index (χ0n) is 14.9. The zero-order valence-corrected chi connectivity index (χ0v) is 17.3. The summed E-state index contributed by atoms with van der Waals surface area (Å²) in [6.07, 6.45) is 3.63. The third-order valence-electron chi connectivity index (χ3n) is 5.12. The fraction of sp³-hybridized carbons (Fsp3) is 0.316. The standard InChI is InChI=1S/C19H17Cl2N3O2S/c1-19(2)11(9-14(20)21)15(19)16-22-18-24(23-16)17(25)13(27-18)8-10-6-4-5-7-12(10)26-3/h4-9,11,15H,1-3H3/b13-8+/t11-,15+/m0/s1. The molecule has 0 unspecified atom stereocenters. The first-order chi connectivity index (χ1) is 12.8. The van der Waals surface area contributed by atoms with Gasteiger partial charge in [-0.25, -0.2) is 4.98 Å². The summed E-state index contributed by atoms with van der Waals surface area (Å²) in [7, 11) is 1.61. The molecule has 1 aliphatic carbocycles. The van der Waals surface area contributed by atoms with Gasteiger partial charge >= 0.3 is 0 Å². The van der Waals surface area contributed by atoms with Crippen LogP contribution in [0.3, 0.4) is 0 Å². The van der Waals surface area contributed by atoms with Gasteiger partial charge in [0.2, 0.25) is 4.96 Å². The molecule has 2 heterocycles. The quantitative estimate of drug-likeness (QED) is 0.643. The maximum atomic E-state index is 12.8. The molecule has 0 radical (unpaired) electrons. The number of allylic oxidation sites excluding steroid dienone is 1. The van der Waals surface area contributed by atoms with Crippen LogP contribution >= 0.6 is 34.5 Å². The molecule has 3 aromatic rings. The van der Waals surface area contributed by atoms with E-state index in [2.05, 4.69) is 23.9 Å². The van der Waals surface area contributed by atoms with Crippen LogP contribution in [0.4, 0.5) is 0 Å². The van der Waals surface area contributed by atoms with Gasteiger partial charge in [-0.05, 0) is 29.6 Å². The molecule has 0 N–H and O–H groups in total. The molecule has 2 atom stereocenters. The van der Waals surface area contributed by atoms with E-state index in [1.165, 1.54) is 15.9 Å². The molecule has 27 heavy (non-hydrogen) atoms. The summed E-state index contributed by atoms with van der Waals surface area (Å²) in [5.41, 5.74) is 0.620. The van der Waals surface area contributed by atoms with E-state index in [1.807, 2.05) is 36.4 Å². The van der Waals surface area contributed by atoms with Gasteiger partial charge in [-0.2, -0.15) is 4.52 Å². The minimum absolute atomic E-state index is 0.0402. The van der Waals surface area contributed by atoms with E-state index in [0.717, 1.165) is 5.56 Å². The Morgan fingerprint density at radius 1 is 1.33 bits per heavy atom. The van der Waals surface area contributed by atoms with Gasteiger partial charge in [-0.15, -0.1) is 5.10 Å². The summed E-state index contributed by atoms with van der Waals surface area (Å²) < 4.78 is 7.53. The molecule has 4 rings (SSSR count). The third-order valence-corrected chi connectivity index (χ3v) is 6.33. The van der Waals surface area contributed by atoms with Crippen molar-refractivity contribution in [2.24, 2.45) is 11.3 Å². The second-order valence-corrected chi connectivity index (χ2v) is 9.12. The molecular weight excluding hydrogens is 405 g/mol. The number of nitrogens with zero attached hydrogens (tertiary/aromatic N) is 3. The molecule has 0 spiro atoms. The van der Waals surface area contributed by atoms with Crippen molar-refractivity contribution in [2.45, 2.75) is 19.8 Å². The van der Waals surface area contributed by atoms with Crippen LogP contribution in [-0.2, 0) is 0 Å². The monoisotopic (exact) mass is 421 g/mol. The Balaban J connectivity index is 1.74. The second-order valence-electron chi connectivity index (χ2n) is 7.10. The predicted molar refractivity (Wildman–Crippen MR) is 109 cm³/mol. The van der Waals surface area contributed by atoms with Crippen molar-refractivity contribution < 1.29 is 4.74 Å². The Labute approximate surface area is 169 Å². The van der Waals surface area contributed by atoms with Crippen LogP contribution in [0.1, 0.15) is 31.2 Å². The van der Waals surface area contributed by atoms with E-state index < -0.39 is 0 Å². The van der Waals surface area contributed by atoms with Gasteiger partial charge in [0.1, 0.15) is 10.2 Å². The number of aromatic nitrogens is 3. The molecule has 0 saturated heterocycles. The van der Waals surface area contributed by atoms with Crippen LogP contribution in [0.2, 0.25) is 0 Å². The van der Waals surface area contributed by atoms with Crippen molar-refractivity contribution in [1.29, 1.82) is 0 Å². The molecular formula is C19H17Cl2N3O2S. The Morgan fingerprint density at radius 2 is 2.07 bits per heavy atom. The molecule has 1 fully saturated rings. The normalized spacial score (nSPS) is 21.4. The number of hydrogen-bond acceptors (Lipinski definition) is 5. The fourth-order valence-electron chi connectivity index (χ4n) is 3.53. The number of fused-ring (bicyclic) bond motifs is 1. The minimum Gasteiger partial charge on any atom is -0.496 e. The Bertz CT molecular complexity index is 1160. The molecule has 1 aliphatic rings. The summed E-state index contributed by atoms with van der Waals surface area (Å²) in [5, 5.41) is 4.47. The third kappa shape index (κ3) is 3.16. The largest absolute Gasteiger partial charge is 0.496 e. The predicted octanol–water partition coefficient (Wildman–Crippen LogP) is 3.77. The van der Waals surface area contributed by atoms with Crippen LogP contribution in [0, 0.1) is 11.3 Å². The van der Waals surface area contributed by atoms with E-state index in [-0.39, 0.29) is 27.3 Å². The smallest absolute Gasteiger partial charge is 0.291 e. The lowest BCUT2D eigenvalue weighted by Crippen LogP contribution is -2.23. The molecule has 0 amide bonds. The summed E-state index contributed by atoms with van der Waals surface area (Å²) >= 11 is 13.0. The number of benzene rings is 1. The highest BCUT2D eigenvalue weighted by Crippen LogP contribution is 2.64. The molecule has 0 bridgehead atoms. The van der Waals surface area contributed by atoms with Gasteiger partial charge in [0, 0.05) is 11.5 Å². The zero-order chi connectivity index (χ0) is 19.3. The van der Waals surface area contributed by atoms with Crippen molar-refractivity contribution in [3.05, 3.63) is 61.1 Å². The second kappa shape index (κ2) is 6.62. The fourth-order valence-corrected chi connectivity index (χ4v) is 4.70. The topological polar surface area (TPSA) is 56.5 Å². The Hall–Kier alpha value is -1.89. The first kappa shape index (κ1) is 18.5. The summed E-state index contributed by atoms with van der Waals surface area (Å²) in [5.74, 6) is 1.62. The number of methoxy groups -OCH3 is 1. The van der Waals surface area contributed by atoms with E-state index in [9.17, 15) is 4.79 Å². The van der Waals surface area contributed by atoms with E-state index in [4.69, 9.17) is 27.9 Å². The van der Waals surface area contributed by atoms with Crippen LogP contribution in [-0.4, -0.2) is 21.7 Å². The SMILES string of the molecule is COc1ccccc1/C=c1/sc2nc([C@H]3[C@H](C=C(Cl)Cl)C3(C)C)nn2c1=O. The van der Waals surface area contributed by atoms with Gasteiger partial charge in [0.15, 0.2) is 5.82 Å². The van der Waals surface area contributed by atoms with E-state index >= 15 is 0 Å². The molecule has 8 heteroatoms. The van der Waals surface area contributed by atoms with Crippen molar-refractivity contribution in [3.63, 3.8) is 0 Å². The van der Waals surface area contributed by atoms with Gasteiger partial charge in [0.25, 0.3) is 5.56 Å². The first-order valence-corrected chi connectivity index (χ1v) is 9.97. The number of thiazole rings is 1. The van der Waals surface area contributed by atoms with E-state index in [1.54, 1.807) is 7.11 Å². The lowest BCUT2D eigenvalue weighted by Gasteiger charge is -2.02. The highest BCUT2D eigenvalue weighted by atomic mass is 35.5. The van der Waals surface area contributed by atoms with Crippen LogP contribution < -0.4 is 14.8 Å². The van der Waals surface area contributed by atoms with Crippen LogP contribution in [0.15, 0.2) is 39.6 Å². The molecule has 1 saturated carbocycles. The molecule has 2 aromatic heterocycles. The summed E-state index contributed by atoms with van der Waals surface area (Å²) in [4.78, 5) is 17.9. The number of rotatable bonds is 4. The van der Waals surface area contributed by atoms with Crippen molar-refractivity contribution >= 4 is 45.6 Å². The minimum atomic E-state index is -0.180.